The summed E-state index contributed by atoms with van der Waals surface area (Å²) in [5, 5.41) is 13.6. The fourth-order valence-corrected chi connectivity index (χ4v) is 3.65. The Bertz CT molecular complexity index is 761. The molecule has 0 amide bonds. The fraction of sp³-hybridized carbons (Fsp3) is 0.278. The number of hydrogen-bond acceptors (Lipinski definition) is 2. The van der Waals surface area contributed by atoms with Crippen LogP contribution in [0.5, 0.6) is 0 Å². The monoisotopic (exact) mass is 349 g/mol. The Morgan fingerprint density at radius 1 is 1.09 bits per heavy atom. The highest BCUT2D eigenvalue weighted by Crippen LogP contribution is 2.42. The molecule has 3 rings (SSSR count). The maximum absolute atomic E-state index is 11.3. The predicted molar refractivity (Wildman–Crippen MR) is 92.7 cm³/mol. The van der Waals surface area contributed by atoms with Crippen LogP contribution in [-0.4, -0.2) is 18.1 Å². The van der Waals surface area contributed by atoms with Gasteiger partial charge in [0.15, 0.2) is 0 Å². The van der Waals surface area contributed by atoms with Crippen LogP contribution < -0.4 is 5.32 Å². The van der Waals surface area contributed by atoms with E-state index in [0.717, 1.165) is 29.5 Å². The first-order chi connectivity index (χ1) is 11.0. The third-order valence-electron chi connectivity index (χ3n) is 4.52. The zero-order valence-corrected chi connectivity index (χ0v) is 14.2. The summed E-state index contributed by atoms with van der Waals surface area (Å²) in [7, 11) is 1.93. The van der Waals surface area contributed by atoms with Gasteiger partial charge in [0.05, 0.1) is 15.6 Å². The lowest BCUT2D eigenvalue weighted by Crippen LogP contribution is -2.24. The van der Waals surface area contributed by atoms with Crippen LogP contribution in [-0.2, 0) is 0 Å². The van der Waals surface area contributed by atoms with Crippen LogP contribution in [0.25, 0.3) is 0 Å². The van der Waals surface area contributed by atoms with Crippen LogP contribution in [0.2, 0.25) is 10.0 Å². The van der Waals surface area contributed by atoms with Gasteiger partial charge in [-0.1, -0.05) is 35.3 Å². The third-order valence-corrected chi connectivity index (χ3v) is 5.26. The minimum absolute atomic E-state index is 0.128. The third kappa shape index (κ3) is 3.09. The number of rotatable bonds is 3. The quantitative estimate of drug-likeness (QED) is 0.830. The van der Waals surface area contributed by atoms with Crippen molar-refractivity contribution in [3.63, 3.8) is 0 Å². The Morgan fingerprint density at radius 2 is 1.87 bits per heavy atom. The fourth-order valence-electron chi connectivity index (χ4n) is 3.35. The second-order valence-corrected chi connectivity index (χ2v) is 6.61. The number of fused-ring (bicyclic) bond motifs is 1. The highest BCUT2D eigenvalue weighted by Gasteiger charge is 2.28. The van der Waals surface area contributed by atoms with Crippen LogP contribution in [0.15, 0.2) is 36.4 Å². The van der Waals surface area contributed by atoms with Crippen molar-refractivity contribution in [2.24, 2.45) is 0 Å². The highest BCUT2D eigenvalue weighted by atomic mass is 35.5. The first-order valence-corrected chi connectivity index (χ1v) is 8.26. The van der Waals surface area contributed by atoms with Crippen molar-refractivity contribution in [2.75, 3.05) is 7.05 Å². The first kappa shape index (κ1) is 16.3. The SMILES string of the molecule is CN[C@H]1CCC(c2ccc(Cl)c(Cl)c2)c2cc(C(=O)O)ccc21. The second kappa shape index (κ2) is 6.52. The van der Waals surface area contributed by atoms with Crippen molar-refractivity contribution in [1.29, 1.82) is 0 Å². The number of aromatic carboxylic acids is 1. The summed E-state index contributed by atoms with van der Waals surface area (Å²) >= 11 is 12.2. The van der Waals surface area contributed by atoms with Gasteiger partial charge in [0, 0.05) is 12.0 Å². The average molecular weight is 350 g/mol. The van der Waals surface area contributed by atoms with Crippen LogP contribution in [0, 0.1) is 0 Å². The zero-order valence-electron chi connectivity index (χ0n) is 12.6. The average Bonchev–Trinajstić information content (AvgIpc) is 2.55. The summed E-state index contributed by atoms with van der Waals surface area (Å²) in [6.07, 6.45) is 1.92. The molecule has 0 saturated heterocycles. The smallest absolute Gasteiger partial charge is 0.335 e. The van der Waals surface area contributed by atoms with Gasteiger partial charge in [0.2, 0.25) is 0 Å². The van der Waals surface area contributed by atoms with Gasteiger partial charge in [-0.15, -0.1) is 0 Å². The first-order valence-electron chi connectivity index (χ1n) is 7.50. The van der Waals surface area contributed by atoms with Gasteiger partial charge in [-0.3, -0.25) is 0 Å². The Hall–Kier alpha value is -1.55. The van der Waals surface area contributed by atoms with Gasteiger partial charge in [0.25, 0.3) is 0 Å². The van der Waals surface area contributed by atoms with Crippen LogP contribution >= 0.6 is 23.2 Å². The van der Waals surface area contributed by atoms with Gasteiger partial charge in [-0.05, 0) is 60.8 Å². The molecule has 0 heterocycles. The van der Waals surface area contributed by atoms with E-state index in [1.807, 2.05) is 25.2 Å². The predicted octanol–water partition coefficient (Wildman–Crippen LogP) is 4.88. The molecular formula is C18H17Cl2NO2. The number of benzene rings is 2. The molecule has 0 radical (unpaired) electrons. The Balaban J connectivity index is 2.11. The van der Waals surface area contributed by atoms with Crippen LogP contribution in [0.4, 0.5) is 0 Å². The Morgan fingerprint density at radius 3 is 2.52 bits per heavy atom. The molecule has 120 valence electrons. The summed E-state index contributed by atoms with van der Waals surface area (Å²) in [4.78, 5) is 11.3. The molecule has 3 nitrogen and oxygen atoms in total. The van der Waals surface area contributed by atoms with E-state index < -0.39 is 5.97 Å². The molecule has 0 fully saturated rings. The topological polar surface area (TPSA) is 49.3 Å². The lowest BCUT2D eigenvalue weighted by atomic mass is 9.76. The van der Waals surface area contributed by atoms with Gasteiger partial charge in [-0.25, -0.2) is 4.79 Å². The van der Waals surface area contributed by atoms with Gasteiger partial charge in [0.1, 0.15) is 0 Å². The minimum Gasteiger partial charge on any atom is -0.478 e. The maximum atomic E-state index is 11.3. The summed E-state index contributed by atoms with van der Waals surface area (Å²) < 4.78 is 0. The molecular weight excluding hydrogens is 333 g/mol. The molecule has 0 saturated carbocycles. The molecule has 1 unspecified atom stereocenters. The van der Waals surface area contributed by atoms with Crippen molar-refractivity contribution >= 4 is 29.2 Å². The molecule has 0 aromatic heterocycles. The zero-order chi connectivity index (χ0) is 16.6. The number of nitrogens with one attached hydrogen (secondary N) is 1. The summed E-state index contributed by atoms with van der Waals surface area (Å²) in [6.45, 7) is 0. The van der Waals surface area contributed by atoms with Crippen LogP contribution in [0.3, 0.4) is 0 Å². The van der Waals surface area contributed by atoms with Gasteiger partial charge in [-0.2, -0.15) is 0 Å². The molecule has 2 N–H and O–H groups in total. The molecule has 0 spiro atoms. The molecule has 1 aliphatic carbocycles. The normalized spacial score (nSPS) is 20.1. The Kier molecular flexibility index (Phi) is 4.62. The molecule has 2 atom stereocenters. The summed E-state index contributed by atoms with van der Waals surface area (Å²) in [5.74, 6) is -0.782. The minimum atomic E-state index is -0.910. The van der Waals surface area contributed by atoms with E-state index in [0.29, 0.717) is 15.6 Å². The number of carboxylic acids is 1. The van der Waals surface area contributed by atoms with Crippen molar-refractivity contribution < 1.29 is 9.90 Å². The van der Waals surface area contributed by atoms with Crippen LogP contribution in [0.1, 0.15) is 51.8 Å². The van der Waals surface area contributed by atoms with E-state index >= 15 is 0 Å². The van der Waals surface area contributed by atoms with E-state index in [9.17, 15) is 9.90 Å². The standard InChI is InChI=1S/C18H17Cl2NO2/c1-21-17-7-5-12(10-3-6-15(19)16(20)9-10)14-8-11(18(22)23)2-4-13(14)17/h2-4,6,8-9,12,17,21H,5,7H2,1H3,(H,22,23)/t12?,17-/m0/s1. The van der Waals surface area contributed by atoms with Gasteiger partial charge < -0.3 is 10.4 Å². The largest absolute Gasteiger partial charge is 0.478 e. The molecule has 2 aromatic rings. The van der Waals surface area contributed by atoms with E-state index in [-0.39, 0.29) is 12.0 Å². The van der Waals surface area contributed by atoms with Crippen molar-refractivity contribution in [2.45, 2.75) is 24.8 Å². The molecule has 5 heteroatoms. The van der Waals surface area contributed by atoms with Gasteiger partial charge >= 0.3 is 5.97 Å². The maximum Gasteiger partial charge on any atom is 0.335 e. The highest BCUT2D eigenvalue weighted by molar-refractivity contribution is 6.42. The summed E-state index contributed by atoms with van der Waals surface area (Å²) in [6, 6.07) is 11.3. The lowest BCUT2D eigenvalue weighted by Gasteiger charge is -2.32. The Labute approximate surface area is 145 Å². The number of halogens is 2. The number of carboxylic acid groups (broad SMARTS) is 1. The molecule has 0 aliphatic heterocycles. The number of hydrogen-bond donors (Lipinski definition) is 2. The number of carbonyl (C=O) groups is 1. The van der Waals surface area contributed by atoms with E-state index in [1.165, 1.54) is 0 Å². The van der Waals surface area contributed by atoms with E-state index in [2.05, 4.69) is 5.32 Å². The summed E-state index contributed by atoms with van der Waals surface area (Å²) in [5.41, 5.74) is 3.58. The molecule has 2 aromatic carbocycles. The lowest BCUT2D eigenvalue weighted by molar-refractivity contribution is 0.0696. The van der Waals surface area contributed by atoms with Crippen molar-refractivity contribution in [3.8, 4) is 0 Å². The second-order valence-electron chi connectivity index (χ2n) is 5.79. The molecule has 23 heavy (non-hydrogen) atoms. The van der Waals surface area contributed by atoms with Crippen molar-refractivity contribution in [1.82, 2.24) is 5.32 Å². The molecule has 1 aliphatic rings. The van der Waals surface area contributed by atoms with Crippen molar-refractivity contribution in [3.05, 3.63) is 68.7 Å². The van der Waals surface area contributed by atoms with E-state index in [1.54, 1.807) is 18.2 Å². The van der Waals surface area contributed by atoms with E-state index in [4.69, 9.17) is 23.2 Å². The molecule has 0 bridgehead atoms.